The van der Waals surface area contributed by atoms with E-state index < -0.39 is 17.2 Å². The molecule has 0 spiro atoms. The zero-order valence-corrected chi connectivity index (χ0v) is 16.6. The second-order valence-electron chi connectivity index (χ2n) is 6.23. The standard InChI is InChI=1S/C18H15BrN4O5/c1-22-15-10(17(25)23(2)18(22)26)5-9(8-20-15)16(24)21-12-7-14-13(6-11(12)19)27-3-4-28-14/h5-8H,3-4H2,1-2H3,(H,21,24). The zero-order valence-electron chi connectivity index (χ0n) is 15.0. The first-order valence-electron chi connectivity index (χ1n) is 8.33. The van der Waals surface area contributed by atoms with E-state index in [2.05, 4.69) is 26.2 Å². The highest BCUT2D eigenvalue weighted by molar-refractivity contribution is 9.10. The number of anilines is 1. The topological polar surface area (TPSA) is 104 Å². The Morgan fingerprint density at radius 2 is 1.79 bits per heavy atom. The molecular weight excluding hydrogens is 432 g/mol. The molecule has 0 saturated heterocycles. The van der Waals surface area contributed by atoms with Crippen LogP contribution in [0, 0.1) is 0 Å². The number of halogens is 1. The van der Waals surface area contributed by atoms with E-state index in [1.54, 1.807) is 12.1 Å². The third-order valence-corrected chi connectivity index (χ3v) is 5.09. The van der Waals surface area contributed by atoms with Crippen molar-refractivity contribution in [3.8, 4) is 11.5 Å². The van der Waals surface area contributed by atoms with Gasteiger partial charge in [0.05, 0.1) is 16.6 Å². The number of aromatic nitrogens is 3. The van der Waals surface area contributed by atoms with E-state index in [9.17, 15) is 14.4 Å². The normalized spacial score (nSPS) is 12.8. The van der Waals surface area contributed by atoms with E-state index >= 15 is 0 Å². The lowest BCUT2D eigenvalue weighted by Crippen LogP contribution is -2.37. The molecule has 0 atom stereocenters. The first-order valence-corrected chi connectivity index (χ1v) is 9.12. The molecule has 10 heteroatoms. The van der Waals surface area contributed by atoms with Gasteiger partial charge in [0.1, 0.15) is 18.9 Å². The molecule has 144 valence electrons. The van der Waals surface area contributed by atoms with Crippen molar-refractivity contribution < 1.29 is 14.3 Å². The van der Waals surface area contributed by atoms with Crippen molar-refractivity contribution in [2.45, 2.75) is 0 Å². The second kappa shape index (κ2) is 6.79. The number of rotatable bonds is 2. The van der Waals surface area contributed by atoms with Gasteiger partial charge in [-0.2, -0.15) is 0 Å². The summed E-state index contributed by atoms with van der Waals surface area (Å²) < 4.78 is 13.9. The number of benzene rings is 1. The summed E-state index contributed by atoms with van der Waals surface area (Å²) in [4.78, 5) is 41.2. The maximum Gasteiger partial charge on any atom is 0.332 e. The number of fused-ring (bicyclic) bond motifs is 2. The Kier molecular flexibility index (Phi) is 4.42. The summed E-state index contributed by atoms with van der Waals surface area (Å²) in [6.45, 7) is 0.893. The third-order valence-electron chi connectivity index (χ3n) is 4.44. The number of hydrogen-bond acceptors (Lipinski definition) is 6. The summed E-state index contributed by atoms with van der Waals surface area (Å²) in [7, 11) is 2.90. The van der Waals surface area contributed by atoms with Gasteiger partial charge < -0.3 is 14.8 Å². The van der Waals surface area contributed by atoms with Gasteiger partial charge in [0.25, 0.3) is 11.5 Å². The van der Waals surface area contributed by atoms with Crippen molar-refractivity contribution in [3.63, 3.8) is 0 Å². The molecule has 1 aliphatic rings. The predicted octanol–water partition coefficient (Wildman–Crippen LogP) is 1.42. The first kappa shape index (κ1) is 18.2. The van der Waals surface area contributed by atoms with Crippen molar-refractivity contribution >= 4 is 38.6 Å². The lowest BCUT2D eigenvalue weighted by atomic mass is 10.2. The molecule has 0 aliphatic carbocycles. The number of ether oxygens (including phenoxy) is 2. The van der Waals surface area contributed by atoms with Gasteiger partial charge in [-0.1, -0.05) is 0 Å². The van der Waals surface area contributed by atoms with Crippen LogP contribution in [-0.2, 0) is 14.1 Å². The fourth-order valence-corrected chi connectivity index (χ4v) is 3.37. The van der Waals surface area contributed by atoms with Crippen LogP contribution in [0.1, 0.15) is 10.4 Å². The fourth-order valence-electron chi connectivity index (χ4n) is 2.94. The minimum Gasteiger partial charge on any atom is -0.486 e. The van der Waals surface area contributed by atoms with Crippen LogP contribution in [0.5, 0.6) is 11.5 Å². The average Bonchev–Trinajstić information content (AvgIpc) is 2.70. The molecule has 1 N–H and O–H groups in total. The largest absolute Gasteiger partial charge is 0.486 e. The number of aryl methyl sites for hydroxylation is 1. The average molecular weight is 447 g/mol. The molecule has 0 bridgehead atoms. The summed E-state index contributed by atoms with van der Waals surface area (Å²) in [6.07, 6.45) is 1.32. The Balaban J connectivity index is 1.72. The zero-order chi connectivity index (χ0) is 20.0. The van der Waals surface area contributed by atoms with E-state index in [1.165, 1.54) is 30.9 Å². The lowest BCUT2D eigenvalue weighted by Gasteiger charge is -2.20. The molecule has 2 aromatic heterocycles. The molecule has 9 nitrogen and oxygen atoms in total. The molecule has 0 saturated carbocycles. The summed E-state index contributed by atoms with van der Waals surface area (Å²) in [5.41, 5.74) is -0.110. The smallest absolute Gasteiger partial charge is 0.332 e. The highest BCUT2D eigenvalue weighted by atomic mass is 79.9. The fraction of sp³-hybridized carbons (Fsp3) is 0.222. The van der Waals surface area contributed by atoms with E-state index in [0.29, 0.717) is 34.9 Å². The van der Waals surface area contributed by atoms with E-state index in [-0.39, 0.29) is 16.6 Å². The first-order chi connectivity index (χ1) is 13.4. The van der Waals surface area contributed by atoms with Gasteiger partial charge in [-0.3, -0.25) is 18.7 Å². The van der Waals surface area contributed by atoms with Crippen LogP contribution in [-0.4, -0.2) is 33.2 Å². The minimum atomic E-state index is -0.513. The van der Waals surface area contributed by atoms with Crippen LogP contribution in [0.2, 0.25) is 0 Å². The van der Waals surface area contributed by atoms with Crippen LogP contribution >= 0.6 is 15.9 Å². The highest BCUT2D eigenvalue weighted by Gasteiger charge is 2.18. The quantitative estimate of drug-likeness (QED) is 0.638. The Morgan fingerprint density at radius 3 is 2.50 bits per heavy atom. The van der Waals surface area contributed by atoms with Crippen LogP contribution < -0.4 is 26.0 Å². The summed E-state index contributed by atoms with van der Waals surface area (Å²) in [5, 5.41) is 2.94. The monoisotopic (exact) mass is 446 g/mol. The number of nitrogens with zero attached hydrogens (tertiary/aromatic N) is 3. The van der Waals surface area contributed by atoms with Crippen molar-refractivity contribution in [1.82, 2.24) is 14.1 Å². The van der Waals surface area contributed by atoms with E-state index in [4.69, 9.17) is 9.47 Å². The summed E-state index contributed by atoms with van der Waals surface area (Å²) >= 11 is 3.40. The van der Waals surface area contributed by atoms with Crippen LogP contribution in [0.4, 0.5) is 5.69 Å². The van der Waals surface area contributed by atoms with Crippen molar-refractivity contribution in [1.29, 1.82) is 0 Å². The summed E-state index contributed by atoms with van der Waals surface area (Å²) in [6, 6.07) is 4.80. The summed E-state index contributed by atoms with van der Waals surface area (Å²) in [5.74, 6) is 0.667. The van der Waals surface area contributed by atoms with Crippen LogP contribution in [0.15, 0.2) is 38.5 Å². The van der Waals surface area contributed by atoms with E-state index in [0.717, 1.165) is 4.57 Å². The number of nitrogens with one attached hydrogen (secondary N) is 1. The van der Waals surface area contributed by atoms with Gasteiger partial charge in [0.15, 0.2) is 11.5 Å². The second-order valence-corrected chi connectivity index (χ2v) is 7.09. The van der Waals surface area contributed by atoms with Gasteiger partial charge >= 0.3 is 5.69 Å². The maximum absolute atomic E-state index is 12.7. The SMILES string of the molecule is Cn1c(=O)c2cc(C(=O)Nc3cc4c(cc3Br)OCCO4)cnc2n(C)c1=O. The molecule has 4 rings (SSSR count). The number of carbonyl (C=O) groups excluding carboxylic acids is 1. The molecule has 0 unspecified atom stereocenters. The van der Waals surface area contributed by atoms with Crippen molar-refractivity contribution in [2.75, 3.05) is 18.5 Å². The Morgan fingerprint density at radius 1 is 1.11 bits per heavy atom. The van der Waals surface area contributed by atoms with Gasteiger partial charge in [-0.15, -0.1) is 0 Å². The Hall–Kier alpha value is -3.14. The Bertz CT molecular complexity index is 1250. The van der Waals surface area contributed by atoms with Gasteiger partial charge in [-0.05, 0) is 22.0 Å². The molecular formula is C18H15BrN4O5. The highest BCUT2D eigenvalue weighted by Crippen LogP contribution is 2.38. The Labute approximate surface area is 166 Å². The van der Waals surface area contributed by atoms with Gasteiger partial charge in [-0.25, -0.2) is 9.78 Å². The number of amides is 1. The molecule has 1 aromatic carbocycles. The molecule has 0 radical (unpaired) electrons. The van der Waals surface area contributed by atoms with Crippen LogP contribution in [0.3, 0.4) is 0 Å². The lowest BCUT2D eigenvalue weighted by molar-refractivity contribution is 0.102. The molecule has 0 fully saturated rings. The molecule has 3 heterocycles. The molecule has 1 amide bonds. The predicted molar refractivity (Wildman–Crippen MR) is 105 cm³/mol. The maximum atomic E-state index is 12.7. The van der Waals surface area contributed by atoms with Gasteiger partial charge in [0.2, 0.25) is 0 Å². The molecule has 1 aliphatic heterocycles. The van der Waals surface area contributed by atoms with Crippen molar-refractivity contribution in [3.05, 3.63) is 55.3 Å². The van der Waals surface area contributed by atoms with Crippen LogP contribution in [0.25, 0.3) is 11.0 Å². The number of pyridine rings is 1. The number of hydrogen-bond donors (Lipinski definition) is 1. The van der Waals surface area contributed by atoms with Crippen molar-refractivity contribution in [2.24, 2.45) is 14.1 Å². The molecule has 28 heavy (non-hydrogen) atoms. The third kappa shape index (κ3) is 2.95. The van der Waals surface area contributed by atoms with E-state index in [1.807, 2.05) is 0 Å². The number of carbonyl (C=O) groups is 1. The molecule has 3 aromatic rings. The van der Waals surface area contributed by atoms with Gasteiger partial charge in [0, 0.05) is 36.9 Å². The minimum absolute atomic E-state index is 0.179.